The second kappa shape index (κ2) is 7.30. The molecule has 2 N–H and O–H groups in total. The van der Waals surface area contributed by atoms with Crippen molar-refractivity contribution < 1.29 is 22.9 Å². The van der Waals surface area contributed by atoms with Crippen molar-refractivity contribution in [1.29, 1.82) is 0 Å². The summed E-state index contributed by atoms with van der Waals surface area (Å²) in [6.07, 6.45) is -0.0824. The molecule has 0 aliphatic carbocycles. The van der Waals surface area contributed by atoms with Gasteiger partial charge in [0.15, 0.2) is 5.82 Å². The monoisotopic (exact) mass is 400 g/mol. The lowest BCUT2D eigenvalue weighted by Crippen LogP contribution is -2.28. The van der Waals surface area contributed by atoms with Gasteiger partial charge in [-0.05, 0) is 36.4 Å². The molecule has 0 spiro atoms. The molecule has 2 heterocycles. The third-order valence-electron chi connectivity index (χ3n) is 4.56. The molecule has 1 aromatic heterocycles. The Morgan fingerprint density at radius 3 is 2.59 bits per heavy atom. The number of carbonyl (C=O) groups is 2. The number of H-pyrrole nitrogens is 1. The van der Waals surface area contributed by atoms with E-state index in [0.29, 0.717) is 17.3 Å². The van der Waals surface area contributed by atoms with Gasteiger partial charge in [0.05, 0.1) is 11.6 Å². The van der Waals surface area contributed by atoms with Gasteiger partial charge in [0.1, 0.15) is 11.6 Å². The van der Waals surface area contributed by atoms with E-state index in [2.05, 4.69) is 20.0 Å². The normalized spacial score (nSPS) is 16.3. The van der Waals surface area contributed by atoms with E-state index in [1.165, 1.54) is 6.07 Å². The lowest BCUT2D eigenvalue weighted by atomic mass is 10.1. The topological polar surface area (TPSA) is 108 Å². The van der Waals surface area contributed by atoms with Crippen molar-refractivity contribution in [3.05, 3.63) is 64.6 Å². The van der Waals surface area contributed by atoms with Crippen LogP contribution < -0.4 is 16.0 Å². The number of halogens is 2. The van der Waals surface area contributed by atoms with Gasteiger partial charge in [-0.2, -0.15) is 0 Å². The number of nitrogens with one attached hydrogen (secondary N) is 2. The molecule has 3 aromatic rings. The van der Waals surface area contributed by atoms with Crippen LogP contribution in [0.2, 0.25) is 0 Å². The van der Waals surface area contributed by atoms with Gasteiger partial charge in [-0.1, -0.05) is 5.16 Å². The number of aromatic nitrogens is 2. The van der Waals surface area contributed by atoms with Crippen LogP contribution in [0.4, 0.5) is 20.2 Å². The maximum absolute atomic E-state index is 14.0. The first kappa shape index (κ1) is 18.5. The molecule has 1 aliphatic heterocycles. The molecule has 29 heavy (non-hydrogen) atoms. The summed E-state index contributed by atoms with van der Waals surface area (Å²) in [7, 11) is 0. The minimum Gasteiger partial charge on any atom is -0.326 e. The molecule has 10 heteroatoms. The highest BCUT2D eigenvalue weighted by Gasteiger charge is 2.36. The third-order valence-corrected chi connectivity index (χ3v) is 4.56. The second-order valence-electron chi connectivity index (χ2n) is 6.51. The average Bonchev–Trinajstić information content (AvgIpc) is 3.28. The first-order valence-electron chi connectivity index (χ1n) is 8.63. The Morgan fingerprint density at radius 1 is 1.17 bits per heavy atom. The molecule has 1 saturated heterocycles. The zero-order chi connectivity index (χ0) is 20.5. The standard InChI is InChI=1S/C19H14F2N4O4/c20-12-3-6-15(14(21)8-12)25-9-11(7-16(25)26)18(27)22-13-4-1-10(2-5-13)17-23-19(28)29-24-17/h1-6,8,11H,7,9H2,(H,22,27)(H,23,24,28)/t11-/m0/s1. The van der Waals surface area contributed by atoms with Gasteiger partial charge in [0.25, 0.3) is 0 Å². The van der Waals surface area contributed by atoms with Crippen molar-refractivity contribution in [2.24, 2.45) is 5.92 Å². The molecule has 148 valence electrons. The van der Waals surface area contributed by atoms with Crippen LogP contribution in [-0.2, 0) is 9.59 Å². The largest absolute Gasteiger partial charge is 0.439 e. The zero-order valence-electron chi connectivity index (χ0n) is 14.8. The second-order valence-corrected chi connectivity index (χ2v) is 6.51. The molecule has 4 rings (SSSR count). The Balaban J connectivity index is 1.44. The summed E-state index contributed by atoms with van der Waals surface area (Å²) < 4.78 is 31.5. The fraction of sp³-hybridized carbons (Fsp3) is 0.158. The Kier molecular flexibility index (Phi) is 4.67. The molecule has 2 amide bonds. The van der Waals surface area contributed by atoms with E-state index >= 15 is 0 Å². The Bertz CT molecular complexity index is 1140. The SMILES string of the molecule is O=C(Nc1ccc(-c2noc(=O)[nH]2)cc1)[C@H]1CC(=O)N(c2ccc(F)cc2F)C1. The number of aromatic amines is 1. The van der Waals surface area contributed by atoms with E-state index < -0.39 is 35.1 Å². The van der Waals surface area contributed by atoms with Crippen LogP contribution in [0.1, 0.15) is 6.42 Å². The molecule has 0 unspecified atom stereocenters. The summed E-state index contributed by atoms with van der Waals surface area (Å²) in [5.41, 5.74) is 1.00. The average molecular weight is 400 g/mol. The molecule has 1 fully saturated rings. The van der Waals surface area contributed by atoms with Crippen LogP contribution in [0.15, 0.2) is 51.8 Å². The smallest absolute Gasteiger partial charge is 0.326 e. The van der Waals surface area contributed by atoms with Crippen LogP contribution in [0, 0.1) is 17.6 Å². The third kappa shape index (κ3) is 3.77. The lowest BCUT2D eigenvalue weighted by Gasteiger charge is -2.17. The van der Waals surface area contributed by atoms with E-state index in [1.807, 2.05) is 0 Å². The van der Waals surface area contributed by atoms with Gasteiger partial charge in [0.2, 0.25) is 11.8 Å². The van der Waals surface area contributed by atoms with E-state index in [9.17, 15) is 23.2 Å². The van der Waals surface area contributed by atoms with Crippen molar-refractivity contribution in [3.63, 3.8) is 0 Å². The van der Waals surface area contributed by atoms with Gasteiger partial charge >= 0.3 is 5.76 Å². The number of anilines is 2. The van der Waals surface area contributed by atoms with E-state index in [-0.39, 0.29) is 24.5 Å². The van der Waals surface area contributed by atoms with Crippen molar-refractivity contribution in [2.75, 3.05) is 16.8 Å². The van der Waals surface area contributed by atoms with Gasteiger partial charge < -0.3 is 10.2 Å². The van der Waals surface area contributed by atoms with Crippen molar-refractivity contribution >= 4 is 23.2 Å². The lowest BCUT2D eigenvalue weighted by molar-refractivity contribution is -0.122. The van der Waals surface area contributed by atoms with E-state index in [1.54, 1.807) is 24.3 Å². The number of rotatable bonds is 4. The number of carbonyl (C=O) groups excluding carboxylic acids is 2. The molecule has 0 saturated carbocycles. The van der Waals surface area contributed by atoms with Crippen molar-refractivity contribution in [2.45, 2.75) is 6.42 Å². The molecule has 1 aliphatic rings. The molecule has 0 radical (unpaired) electrons. The van der Waals surface area contributed by atoms with Crippen LogP contribution in [0.3, 0.4) is 0 Å². The number of nitrogens with zero attached hydrogens (tertiary/aromatic N) is 2. The number of amides is 2. The summed E-state index contributed by atoms with van der Waals surface area (Å²) in [4.78, 5) is 39.3. The summed E-state index contributed by atoms with van der Waals surface area (Å²) in [5.74, 6) is -3.52. The zero-order valence-corrected chi connectivity index (χ0v) is 14.8. The molecular formula is C19H14F2N4O4. The van der Waals surface area contributed by atoms with Crippen molar-refractivity contribution in [3.8, 4) is 11.4 Å². The molecule has 2 aromatic carbocycles. The van der Waals surface area contributed by atoms with Crippen LogP contribution in [0.25, 0.3) is 11.4 Å². The van der Waals surface area contributed by atoms with Crippen LogP contribution >= 0.6 is 0 Å². The number of hydrogen-bond donors (Lipinski definition) is 2. The van der Waals surface area contributed by atoms with E-state index in [0.717, 1.165) is 11.0 Å². The van der Waals surface area contributed by atoms with Crippen molar-refractivity contribution in [1.82, 2.24) is 10.1 Å². The maximum atomic E-state index is 14.0. The highest BCUT2D eigenvalue weighted by Crippen LogP contribution is 2.28. The quantitative estimate of drug-likeness (QED) is 0.699. The number of hydrogen-bond acceptors (Lipinski definition) is 5. The maximum Gasteiger partial charge on any atom is 0.439 e. The van der Waals surface area contributed by atoms with E-state index in [4.69, 9.17) is 0 Å². The van der Waals surface area contributed by atoms with Gasteiger partial charge in [-0.25, -0.2) is 13.6 Å². The summed E-state index contributed by atoms with van der Waals surface area (Å²) in [6.45, 7) is -0.00845. The summed E-state index contributed by atoms with van der Waals surface area (Å²) in [6, 6.07) is 9.40. The number of benzene rings is 2. The predicted molar refractivity (Wildman–Crippen MR) is 98.0 cm³/mol. The first-order valence-corrected chi connectivity index (χ1v) is 8.63. The fourth-order valence-corrected chi connectivity index (χ4v) is 3.13. The van der Waals surface area contributed by atoms with Crippen LogP contribution in [0.5, 0.6) is 0 Å². The fourth-order valence-electron chi connectivity index (χ4n) is 3.13. The highest BCUT2D eigenvalue weighted by molar-refractivity contribution is 6.03. The van der Waals surface area contributed by atoms with Gasteiger partial charge in [-0.15, -0.1) is 0 Å². The Morgan fingerprint density at radius 2 is 1.93 bits per heavy atom. The molecular weight excluding hydrogens is 386 g/mol. The Hall–Kier alpha value is -3.82. The molecule has 0 bridgehead atoms. The molecule has 1 atom stereocenters. The molecule has 8 nitrogen and oxygen atoms in total. The van der Waals surface area contributed by atoms with Crippen LogP contribution in [-0.4, -0.2) is 28.5 Å². The van der Waals surface area contributed by atoms with Gasteiger partial charge in [-0.3, -0.25) is 19.1 Å². The summed E-state index contributed by atoms with van der Waals surface area (Å²) >= 11 is 0. The highest BCUT2D eigenvalue weighted by atomic mass is 19.1. The summed E-state index contributed by atoms with van der Waals surface area (Å²) in [5, 5.41) is 6.27. The first-order chi connectivity index (χ1) is 13.9. The predicted octanol–water partition coefficient (Wildman–Crippen LogP) is 2.30. The Labute approximate surface area is 162 Å². The van der Waals surface area contributed by atoms with Gasteiger partial charge in [0, 0.05) is 30.3 Å². The minimum absolute atomic E-state index is 0.00845. The minimum atomic E-state index is -0.860.